The molecule has 0 unspecified atom stereocenters. The van der Waals surface area contributed by atoms with Gasteiger partial charge >= 0.3 is 69.5 Å². The summed E-state index contributed by atoms with van der Waals surface area (Å²) in [4.78, 5) is 40.7. The zero-order valence-electron chi connectivity index (χ0n) is 20.3. The van der Waals surface area contributed by atoms with E-state index in [1.54, 1.807) is 8.87 Å². The van der Waals surface area contributed by atoms with Crippen LogP contribution in [0.25, 0.3) is 0 Å². The van der Waals surface area contributed by atoms with Gasteiger partial charge in [0.2, 0.25) is 0 Å². The van der Waals surface area contributed by atoms with Crippen molar-refractivity contribution in [2.45, 2.75) is 126 Å². The first kappa shape index (κ1) is 34.7. The molecule has 7 heteroatoms. The summed E-state index contributed by atoms with van der Waals surface area (Å²) in [6.07, 6.45) is 13.6. The van der Waals surface area contributed by atoms with Gasteiger partial charge in [-0.3, -0.25) is 9.59 Å². The number of ketones is 2. The van der Waals surface area contributed by atoms with Crippen LogP contribution >= 0.6 is 0 Å². The number of carboxylic acid groups (broad SMARTS) is 2. The Morgan fingerprint density at radius 1 is 0.516 bits per heavy atom. The Labute approximate surface area is 200 Å². The summed E-state index contributed by atoms with van der Waals surface area (Å²) in [5, 5.41) is 19.8. The van der Waals surface area contributed by atoms with Crippen molar-refractivity contribution in [2.75, 3.05) is 0 Å². The molecule has 0 atom stereocenters. The van der Waals surface area contributed by atoms with Gasteiger partial charge in [-0.1, -0.05) is 52.4 Å². The second kappa shape index (κ2) is 29.1. The summed E-state index contributed by atoms with van der Waals surface area (Å²) < 4.78 is 3.25. The number of carboxylic acids is 2. The Morgan fingerprint density at radius 2 is 0.839 bits per heavy atom. The monoisotopic (exact) mass is 548 g/mol. The van der Waals surface area contributed by atoms with Crippen LogP contribution in [-0.2, 0) is 19.2 Å². The molecule has 0 aromatic heterocycles. The Morgan fingerprint density at radius 3 is 1.10 bits per heavy atom. The third-order valence-corrected chi connectivity index (χ3v) is 8.42. The van der Waals surface area contributed by atoms with Gasteiger partial charge in [0, 0.05) is 12.8 Å². The SMILES string of the molecule is CCCCCCC(=O)C(=O)[O-].CCCCCCC(=O)C(=O)[O-].CCC[CH2][Sn+2][CH2]CCC. The van der Waals surface area contributed by atoms with E-state index in [4.69, 9.17) is 0 Å². The molecule has 0 aliphatic rings. The van der Waals surface area contributed by atoms with Gasteiger partial charge in [-0.15, -0.1) is 0 Å². The molecule has 0 spiro atoms. The van der Waals surface area contributed by atoms with E-state index in [1.165, 1.54) is 25.7 Å². The Bertz CT molecular complexity index is 411. The second-order valence-electron chi connectivity index (χ2n) is 7.50. The van der Waals surface area contributed by atoms with E-state index in [2.05, 4.69) is 27.7 Å². The average molecular weight is 547 g/mol. The van der Waals surface area contributed by atoms with Gasteiger partial charge in [0.05, 0.1) is 0 Å². The van der Waals surface area contributed by atoms with E-state index in [-0.39, 0.29) is 34.0 Å². The first-order valence-corrected chi connectivity index (χ1v) is 16.0. The summed E-state index contributed by atoms with van der Waals surface area (Å²) in [5.74, 6) is -4.66. The fourth-order valence-electron chi connectivity index (χ4n) is 2.36. The zero-order valence-corrected chi connectivity index (χ0v) is 23.1. The van der Waals surface area contributed by atoms with Crippen molar-refractivity contribution < 1.29 is 29.4 Å². The molecule has 0 N–H and O–H groups in total. The van der Waals surface area contributed by atoms with E-state index >= 15 is 0 Å². The molecule has 180 valence electrons. The molecule has 0 radical (unpaired) electrons. The molecule has 0 aliphatic heterocycles. The molecular formula is C24H44O6Sn. The van der Waals surface area contributed by atoms with E-state index < -0.39 is 23.5 Å². The molecule has 0 aliphatic carbocycles. The standard InChI is InChI=1S/2C8H14O3.2C4H9.Sn/c2*1-2-3-4-5-6-7(9)8(10)11;2*1-3-4-2;/h2*2-6H2,1H3,(H,10,11);2*1,3-4H2,2H3;/q;;;;+2/p-2. The van der Waals surface area contributed by atoms with Gasteiger partial charge in [0.25, 0.3) is 0 Å². The summed E-state index contributed by atoms with van der Waals surface area (Å²) in [6.45, 7) is 8.69. The van der Waals surface area contributed by atoms with Crippen LogP contribution in [0.3, 0.4) is 0 Å². The third-order valence-electron chi connectivity index (χ3n) is 4.38. The summed E-state index contributed by atoms with van der Waals surface area (Å²) in [6, 6.07) is 0. The van der Waals surface area contributed by atoms with E-state index in [9.17, 15) is 29.4 Å². The van der Waals surface area contributed by atoms with Crippen LogP contribution in [-0.4, -0.2) is 44.6 Å². The Kier molecular flexibility index (Phi) is 32.5. The number of carbonyl (C=O) groups is 4. The van der Waals surface area contributed by atoms with Gasteiger partial charge in [-0.05, 0) is 12.8 Å². The maximum absolute atomic E-state index is 10.4. The predicted molar refractivity (Wildman–Crippen MR) is 123 cm³/mol. The number of hydrogen-bond donors (Lipinski definition) is 0. The first-order valence-electron chi connectivity index (χ1n) is 12.0. The van der Waals surface area contributed by atoms with Crippen molar-refractivity contribution in [3.05, 3.63) is 0 Å². The predicted octanol–water partition coefficient (Wildman–Crippen LogP) is 3.68. The molecule has 6 nitrogen and oxygen atoms in total. The number of unbranched alkanes of at least 4 members (excludes halogenated alkanes) is 8. The van der Waals surface area contributed by atoms with Crippen LogP contribution in [0.5, 0.6) is 0 Å². The van der Waals surface area contributed by atoms with Crippen molar-refractivity contribution in [1.82, 2.24) is 0 Å². The van der Waals surface area contributed by atoms with E-state index in [1.807, 2.05) is 0 Å². The van der Waals surface area contributed by atoms with E-state index in [0.717, 1.165) is 38.5 Å². The van der Waals surface area contributed by atoms with Gasteiger partial charge < -0.3 is 19.8 Å². The molecule has 0 saturated heterocycles. The first-order chi connectivity index (χ1) is 14.8. The van der Waals surface area contributed by atoms with Crippen molar-refractivity contribution in [3.8, 4) is 0 Å². The number of Topliss-reactive ketones (excluding diaryl/α,β-unsaturated/α-hetero) is 2. The van der Waals surface area contributed by atoms with Crippen LogP contribution < -0.4 is 10.2 Å². The van der Waals surface area contributed by atoms with Crippen LogP contribution in [0.15, 0.2) is 0 Å². The Balaban J connectivity index is -0.000000382. The van der Waals surface area contributed by atoms with E-state index in [0.29, 0.717) is 12.8 Å². The summed E-state index contributed by atoms with van der Waals surface area (Å²) in [7, 11) is 0. The van der Waals surface area contributed by atoms with Gasteiger partial charge in [-0.2, -0.15) is 0 Å². The molecule has 31 heavy (non-hydrogen) atoms. The average Bonchev–Trinajstić information content (AvgIpc) is 2.74. The molecular weight excluding hydrogens is 503 g/mol. The van der Waals surface area contributed by atoms with Crippen LogP contribution in [0.2, 0.25) is 8.87 Å². The van der Waals surface area contributed by atoms with Gasteiger partial charge in [-0.25, -0.2) is 0 Å². The van der Waals surface area contributed by atoms with Crippen molar-refractivity contribution >= 4 is 44.6 Å². The quantitative estimate of drug-likeness (QED) is 0.147. The zero-order chi connectivity index (χ0) is 24.3. The fraction of sp³-hybridized carbons (Fsp3) is 0.833. The maximum atomic E-state index is 10.4. The molecule has 0 aromatic carbocycles. The van der Waals surface area contributed by atoms with Crippen molar-refractivity contribution in [2.24, 2.45) is 0 Å². The van der Waals surface area contributed by atoms with Crippen LogP contribution in [0, 0.1) is 0 Å². The Hall–Kier alpha value is -0.921. The van der Waals surface area contributed by atoms with Gasteiger partial charge in [0.15, 0.2) is 11.6 Å². The minimum absolute atomic E-state index is 0.127. The summed E-state index contributed by atoms with van der Waals surface area (Å²) >= 11 is 0.149. The van der Waals surface area contributed by atoms with Crippen molar-refractivity contribution in [1.29, 1.82) is 0 Å². The van der Waals surface area contributed by atoms with Crippen LogP contribution in [0.4, 0.5) is 0 Å². The van der Waals surface area contributed by atoms with Gasteiger partial charge in [0.1, 0.15) is 11.9 Å². The molecule has 0 rings (SSSR count). The summed E-state index contributed by atoms with van der Waals surface area (Å²) in [5.41, 5.74) is 0. The molecule has 0 amide bonds. The third kappa shape index (κ3) is 33.9. The van der Waals surface area contributed by atoms with Crippen LogP contribution in [0.1, 0.15) is 118 Å². The minimum atomic E-state index is -1.55. The fourth-order valence-corrected chi connectivity index (χ4v) is 6.52. The number of hydrogen-bond acceptors (Lipinski definition) is 6. The van der Waals surface area contributed by atoms with Crippen molar-refractivity contribution in [3.63, 3.8) is 0 Å². The number of carbonyl (C=O) groups excluding carboxylic acids is 4. The normalized spacial score (nSPS) is 9.42. The molecule has 0 heterocycles. The molecule has 0 fully saturated rings. The molecule has 0 aromatic rings. The second-order valence-corrected chi connectivity index (χ2v) is 11.8. The molecule has 0 saturated carbocycles. The molecule has 0 bridgehead atoms. The topological polar surface area (TPSA) is 114 Å². The number of rotatable bonds is 18. The number of aliphatic carboxylic acids is 2.